The summed E-state index contributed by atoms with van der Waals surface area (Å²) in [5.41, 5.74) is 0. The van der Waals surface area contributed by atoms with E-state index in [9.17, 15) is 4.79 Å². The predicted octanol–water partition coefficient (Wildman–Crippen LogP) is 4.06. The molecule has 0 rings (SSSR count). The molecule has 0 amide bonds. The number of carbonyl (C=O) groups excluding carboxylic acids is 1. The maximum absolute atomic E-state index is 11.8. The molecular weight excluding hydrogens is 274 g/mol. The van der Waals surface area contributed by atoms with Gasteiger partial charge in [-0.1, -0.05) is 72.1 Å². The standard InChI is InChI=1S/C19H39NO2/c1-5-7-8-9-10-11-12-13-14-15-16-20-18(17(3)4)19(21)22-6-2/h17-18,20H,5-16H2,1-4H3/p+1. The van der Waals surface area contributed by atoms with Crippen molar-refractivity contribution in [3.63, 3.8) is 0 Å². The minimum absolute atomic E-state index is 0.0292. The average molecular weight is 315 g/mol. The first kappa shape index (κ1) is 21.4. The van der Waals surface area contributed by atoms with Crippen LogP contribution in [-0.4, -0.2) is 25.2 Å². The Hall–Kier alpha value is -0.570. The van der Waals surface area contributed by atoms with Crippen LogP contribution in [0.25, 0.3) is 0 Å². The van der Waals surface area contributed by atoms with Crippen LogP contribution in [0.2, 0.25) is 0 Å². The van der Waals surface area contributed by atoms with Gasteiger partial charge in [0.25, 0.3) is 0 Å². The van der Waals surface area contributed by atoms with Crippen molar-refractivity contribution in [3.8, 4) is 0 Å². The van der Waals surface area contributed by atoms with Crippen LogP contribution in [-0.2, 0) is 9.53 Å². The number of esters is 1. The summed E-state index contributed by atoms with van der Waals surface area (Å²) < 4.78 is 5.15. The fourth-order valence-electron chi connectivity index (χ4n) is 2.81. The quantitative estimate of drug-likeness (QED) is 0.366. The molecule has 3 nitrogen and oxygen atoms in total. The molecule has 0 aromatic heterocycles. The zero-order valence-corrected chi connectivity index (χ0v) is 15.5. The molecule has 0 aliphatic heterocycles. The monoisotopic (exact) mass is 314 g/mol. The van der Waals surface area contributed by atoms with E-state index in [4.69, 9.17) is 4.74 Å². The smallest absolute Gasteiger partial charge is 0.365 e. The number of nitrogens with two attached hydrogens (primary N) is 1. The molecule has 1 unspecified atom stereocenters. The largest absolute Gasteiger partial charge is 0.462 e. The predicted molar refractivity (Wildman–Crippen MR) is 93.9 cm³/mol. The molecule has 1 atom stereocenters. The lowest BCUT2D eigenvalue weighted by atomic mass is 10.0. The van der Waals surface area contributed by atoms with Gasteiger partial charge in [-0.3, -0.25) is 0 Å². The van der Waals surface area contributed by atoms with Crippen LogP contribution in [0.3, 0.4) is 0 Å². The lowest BCUT2D eigenvalue weighted by Crippen LogP contribution is -2.93. The van der Waals surface area contributed by atoms with Gasteiger partial charge in [-0.15, -0.1) is 0 Å². The van der Waals surface area contributed by atoms with E-state index in [0.717, 1.165) is 6.54 Å². The second-order valence-corrected chi connectivity index (χ2v) is 6.73. The van der Waals surface area contributed by atoms with E-state index in [-0.39, 0.29) is 12.0 Å². The van der Waals surface area contributed by atoms with Crippen LogP contribution in [0.4, 0.5) is 0 Å². The number of rotatable bonds is 15. The topological polar surface area (TPSA) is 42.9 Å². The number of hydrogen-bond acceptors (Lipinski definition) is 2. The van der Waals surface area contributed by atoms with Crippen LogP contribution < -0.4 is 5.32 Å². The first-order chi connectivity index (χ1) is 10.6. The van der Waals surface area contributed by atoms with Gasteiger partial charge < -0.3 is 10.1 Å². The molecule has 22 heavy (non-hydrogen) atoms. The zero-order valence-electron chi connectivity index (χ0n) is 15.5. The van der Waals surface area contributed by atoms with E-state index >= 15 is 0 Å². The lowest BCUT2D eigenvalue weighted by molar-refractivity contribution is -0.684. The minimum Gasteiger partial charge on any atom is -0.462 e. The zero-order chi connectivity index (χ0) is 16.6. The Bertz CT molecular complexity index is 254. The van der Waals surface area contributed by atoms with Crippen LogP contribution in [0, 0.1) is 5.92 Å². The summed E-state index contributed by atoms with van der Waals surface area (Å²) in [5.74, 6) is 0.284. The van der Waals surface area contributed by atoms with Crippen LogP contribution in [0.15, 0.2) is 0 Å². The highest BCUT2D eigenvalue weighted by molar-refractivity contribution is 5.74. The first-order valence-electron chi connectivity index (χ1n) is 9.63. The van der Waals surface area contributed by atoms with Crippen molar-refractivity contribution in [1.82, 2.24) is 0 Å². The van der Waals surface area contributed by atoms with Crippen LogP contribution >= 0.6 is 0 Å². The summed E-state index contributed by atoms with van der Waals surface area (Å²) in [6.07, 6.45) is 13.6. The van der Waals surface area contributed by atoms with Gasteiger partial charge in [0.1, 0.15) is 0 Å². The summed E-state index contributed by atoms with van der Waals surface area (Å²) in [4.78, 5) is 11.8. The molecule has 0 spiro atoms. The van der Waals surface area contributed by atoms with E-state index in [2.05, 4.69) is 26.1 Å². The Labute approximate surface area is 138 Å². The molecule has 0 heterocycles. The molecular formula is C19H40NO2+. The Balaban J connectivity index is 3.48. The van der Waals surface area contributed by atoms with Gasteiger partial charge in [0.15, 0.2) is 6.04 Å². The fraction of sp³-hybridized carbons (Fsp3) is 0.947. The number of hydrogen-bond donors (Lipinski definition) is 1. The minimum atomic E-state index is -0.0513. The molecule has 0 saturated heterocycles. The normalized spacial score (nSPS) is 12.6. The molecule has 0 aliphatic rings. The van der Waals surface area contributed by atoms with Crippen LogP contribution in [0.5, 0.6) is 0 Å². The second kappa shape index (κ2) is 15.3. The average Bonchev–Trinajstić information content (AvgIpc) is 2.48. The van der Waals surface area contributed by atoms with Gasteiger partial charge >= 0.3 is 5.97 Å². The van der Waals surface area contributed by atoms with Gasteiger partial charge in [-0.05, 0) is 19.8 Å². The molecule has 0 bridgehead atoms. The van der Waals surface area contributed by atoms with Crippen molar-refractivity contribution in [2.75, 3.05) is 13.2 Å². The maximum atomic E-state index is 11.8. The molecule has 2 N–H and O–H groups in total. The third-order valence-corrected chi connectivity index (χ3v) is 4.26. The summed E-state index contributed by atoms with van der Waals surface area (Å²) in [5, 5.41) is 2.17. The highest BCUT2D eigenvalue weighted by Gasteiger charge is 2.26. The molecule has 0 fully saturated rings. The molecule has 3 heteroatoms. The third kappa shape index (κ3) is 12.0. The van der Waals surface area contributed by atoms with Gasteiger partial charge in [-0.2, -0.15) is 0 Å². The SMILES string of the molecule is CCCCCCCCCCCC[NH2+]C(C(=O)OCC)C(C)C. The van der Waals surface area contributed by atoms with Crippen molar-refractivity contribution in [1.29, 1.82) is 0 Å². The number of ether oxygens (including phenoxy) is 1. The first-order valence-corrected chi connectivity index (χ1v) is 9.63. The van der Waals surface area contributed by atoms with Crippen molar-refractivity contribution in [2.45, 2.75) is 97.9 Å². The lowest BCUT2D eigenvalue weighted by Gasteiger charge is -2.17. The van der Waals surface area contributed by atoms with Crippen molar-refractivity contribution >= 4 is 5.97 Å². The summed E-state index contributed by atoms with van der Waals surface area (Å²) in [6.45, 7) is 9.85. The van der Waals surface area contributed by atoms with E-state index < -0.39 is 0 Å². The molecule has 0 aliphatic carbocycles. The Kier molecular flexibility index (Phi) is 14.9. The molecule has 132 valence electrons. The van der Waals surface area contributed by atoms with Gasteiger partial charge in [-0.25, -0.2) is 4.79 Å². The van der Waals surface area contributed by atoms with E-state index in [1.165, 1.54) is 64.2 Å². The number of quaternary nitrogens is 1. The fourth-order valence-corrected chi connectivity index (χ4v) is 2.81. The maximum Gasteiger partial charge on any atom is 0.365 e. The van der Waals surface area contributed by atoms with E-state index in [0.29, 0.717) is 12.5 Å². The van der Waals surface area contributed by atoms with Gasteiger partial charge in [0.2, 0.25) is 0 Å². The highest BCUT2D eigenvalue weighted by Crippen LogP contribution is 2.10. The summed E-state index contributed by atoms with van der Waals surface area (Å²) >= 11 is 0. The third-order valence-electron chi connectivity index (χ3n) is 4.26. The van der Waals surface area contributed by atoms with Crippen molar-refractivity contribution in [3.05, 3.63) is 0 Å². The van der Waals surface area contributed by atoms with Gasteiger partial charge in [0, 0.05) is 5.92 Å². The molecule has 0 aromatic rings. The Morgan fingerprint density at radius 3 is 1.82 bits per heavy atom. The highest BCUT2D eigenvalue weighted by atomic mass is 16.5. The molecule has 0 radical (unpaired) electrons. The molecule has 0 aromatic carbocycles. The second-order valence-electron chi connectivity index (χ2n) is 6.73. The summed E-state index contributed by atoms with van der Waals surface area (Å²) in [7, 11) is 0. The summed E-state index contributed by atoms with van der Waals surface area (Å²) in [6, 6.07) is -0.0292. The van der Waals surface area contributed by atoms with Crippen molar-refractivity contribution < 1.29 is 14.8 Å². The van der Waals surface area contributed by atoms with E-state index in [1.54, 1.807) is 0 Å². The Morgan fingerprint density at radius 1 is 0.864 bits per heavy atom. The van der Waals surface area contributed by atoms with Crippen molar-refractivity contribution in [2.24, 2.45) is 5.92 Å². The van der Waals surface area contributed by atoms with E-state index in [1.807, 2.05) is 6.92 Å². The Morgan fingerprint density at radius 2 is 1.36 bits per heavy atom. The van der Waals surface area contributed by atoms with Crippen LogP contribution in [0.1, 0.15) is 91.9 Å². The number of carbonyl (C=O) groups is 1. The number of unbranched alkanes of at least 4 members (excludes halogenated alkanes) is 9. The molecule has 0 saturated carbocycles. The van der Waals surface area contributed by atoms with Gasteiger partial charge in [0.05, 0.1) is 13.2 Å².